The number of carbonyl (C=O) groups excluding carboxylic acids is 1. The molecule has 1 N–H and O–H groups in total. The lowest BCUT2D eigenvalue weighted by molar-refractivity contribution is -0.118. The standard InChI is InChI=1S/C21H14ClN3O2S/c22-14-6-4-5-13(11-14)17-9-10-18(27-17)19-24-20(26)16(12-23)21(28)25(19)15-7-2-1-3-8-15/h1-11,19,28H,(H,24,26)/t19-/m0/s1. The Morgan fingerprint density at radius 3 is 2.61 bits per heavy atom. The summed E-state index contributed by atoms with van der Waals surface area (Å²) in [5.41, 5.74) is 1.54. The van der Waals surface area contributed by atoms with Gasteiger partial charge in [0.1, 0.15) is 23.2 Å². The van der Waals surface area contributed by atoms with Crippen molar-refractivity contribution in [1.82, 2.24) is 5.32 Å². The molecular weight excluding hydrogens is 394 g/mol. The average Bonchev–Trinajstić information content (AvgIpc) is 3.19. The Morgan fingerprint density at radius 1 is 1.11 bits per heavy atom. The molecule has 0 saturated carbocycles. The highest BCUT2D eigenvalue weighted by atomic mass is 35.5. The highest BCUT2D eigenvalue weighted by Crippen LogP contribution is 2.37. The van der Waals surface area contributed by atoms with E-state index in [2.05, 4.69) is 17.9 Å². The van der Waals surface area contributed by atoms with Gasteiger partial charge >= 0.3 is 0 Å². The Bertz CT molecular complexity index is 1120. The second-order valence-corrected chi connectivity index (χ2v) is 6.96. The summed E-state index contributed by atoms with van der Waals surface area (Å²) in [5, 5.41) is 13.0. The van der Waals surface area contributed by atoms with Gasteiger partial charge in [-0.1, -0.05) is 41.9 Å². The first-order valence-corrected chi connectivity index (χ1v) is 9.25. The van der Waals surface area contributed by atoms with Crippen molar-refractivity contribution in [2.75, 3.05) is 4.90 Å². The summed E-state index contributed by atoms with van der Waals surface area (Å²) in [6.07, 6.45) is -0.646. The summed E-state index contributed by atoms with van der Waals surface area (Å²) < 4.78 is 6.03. The van der Waals surface area contributed by atoms with E-state index in [0.717, 1.165) is 11.3 Å². The van der Waals surface area contributed by atoms with Crippen LogP contribution in [0.4, 0.5) is 5.69 Å². The molecule has 0 fully saturated rings. The van der Waals surface area contributed by atoms with Crippen molar-refractivity contribution in [3.63, 3.8) is 0 Å². The predicted molar refractivity (Wildman–Crippen MR) is 111 cm³/mol. The Kier molecular flexibility index (Phi) is 4.86. The molecule has 2 heterocycles. The number of carbonyl (C=O) groups is 1. The molecule has 0 bridgehead atoms. The molecule has 4 rings (SSSR count). The minimum Gasteiger partial charge on any atom is -0.457 e. The zero-order valence-corrected chi connectivity index (χ0v) is 16.1. The Hall–Kier alpha value is -3.14. The molecule has 138 valence electrons. The number of nitrogens with zero attached hydrogens (tertiary/aromatic N) is 2. The fourth-order valence-corrected chi connectivity index (χ4v) is 3.63. The highest BCUT2D eigenvalue weighted by Gasteiger charge is 2.35. The number of anilines is 1. The third kappa shape index (κ3) is 3.26. The molecule has 0 saturated heterocycles. The van der Waals surface area contributed by atoms with E-state index in [1.54, 1.807) is 23.1 Å². The fourth-order valence-electron chi connectivity index (χ4n) is 3.06. The van der Waals surface area contributed by atoms with Crippen molar-refractivity contribution in [2.24, 2.45) is 0 Å². The fraction of sp³-hybridized carbons (Fsp3) is 0.0476. The molecule has 7 heteroatoms. The predicted octanol–water partition coefficient (Wildman–Crippen LogP) is 4.90. The summed E-state index contributed by atoms with van der Waals surface area (Å²) in [7, 11) is 0. The summed E-state index contributed by atoms with van der Waals surface area (Å²) in [4.78, 5) is 14.1. The second kappa shape index (κ2) is 7.47. The van der Waals surface area contributed by atoms with E-state index < -0.39 is 12.1 Å². The third-order valence-electron chi connectivity index (χ3n) is 4.36. The first-order chi connectivity index (χ1) is 13.6. The number of para-hydroxylation sites is 1. The van der Waals surface area contributed by atoms with Gasteiger partial charge in [-0.3, -0.25) is 4.79 Å². The molecule has 0 radical (unpaired) electrons. The van der Waals surface area contributed by atoms with Gasteiger partial charge in [-0.2, -0.15) is 5.26 Å². The van der Waals surface area contributed by atoms with E-state index in [1.165, 1.54) is 0 Å². The van der Waals surface area contributed by atoms with Gasteiger partial charge < -0.3 is 14.6 Å². The van der Waals surface area contributed by atoms with Gasteiger partial charge in [-0.05, 0) is 36.4 Å². The maximum Gasteiger partial charge on any atom is 0.266 e. The molecule has 28 heavy (non-hydrogen) atoms. The first-order valence-electron chi connectivity index (χ1n) is 8.42. The Morgan fingerprint density at radius 2 is 1.89 bits per heavy atom. The maximum atomic E-state index is 12.4. The van der Waals surface area contributed by atoms with E-state index in [9.17, 15) is 10.1 Å². The van der Waals surface area contributed by atoms with Crippen LogP contribution in [0.25, 0.3) is 11.3 Å². The monoisotopic (exact) mass is 407 g/mol. The van der Waals surface area contributed by atoms with Crippen molar-refractivity contribution in [2.45, 2.75) is 6.17 Å². The van der Waals surface area contributed by atoms with Crippen LogP contribution in [0.15, 0.2) is 81.7 Å². The minimum absolute atomic E-state index is 0.0509. The van der Waals surface area contributed by atoms with Crippen molar-refractivity contribution < 1.29 is 9.21 Å². The molecule has 1 amide bonds. The number of thiol groups is 1. The van der Waals surface area contributed by atoms with Crippen LogP contribution < -0.4 is 10.2 Å². The molecule has 1 atom stereocenters. The van der Waals surface area contributed by atoms with Gasteiger partial charge in [-0.15, -0.1) is 12.6 Å². The summed E-state index contributed by atoms with van der Waals surface area (Å²) in [5.74, 6) is 0.636. The van der Waals surface area contributed by atoms with Gasteiger partial charge in [0.05, 0.1) is 5.03 Å². The van der Waals surface area contributed by atoms with Crippen LogP contribution in [-0.4, -0.2) is 5.91 Å². The quantitative estimate of drug-likeness (QED) is 0.606. The number of nitrogens with one attached hydrogen (secondary N) is 1. The SMILES string of the molecule is N#CC1=C(S)N(c2ccccc2)[C@@H](c2ccc(-c3cccc(Cl)c3)o2)NC1=O. The van der Waals surface area contributed by atoms with Crippen LogP contribution in [0.3, 0.4) is 0 Å². The number of hydrogen-bond donors (Lipinski definition) is 2. The molecule has 1 aromatic heterocycles. The zero-order chi connectivity index (χ0) is 19.7. The van der Waals surface area contributed by atoms with Crippen molar-refractivity contribution in [3.8, 4) is 17.4 Å². The molecule has 0 aliphatic carbocycles. The Labute approximate surface area is 172 Å². The number of amides is 1. The summed E-state index contributed by atoms with van der Waals surface area (Å²) >= 11 is 10.5. The number of halogens is 1. The van der Waals surface area contributed by atoms with E-state index in [-0.39, 0.29) is 10.6 Å². The van der Waals surface area contributed by atoms with Crippen LogP contribution >= 0.6 is 24.2 Å². The Balaban J connectivity index is 1.79. The zero-order valence-electron chi connectivity index (χ0n) is 14.5. The molecule has 5 nitrogen and oxygen atoms in total. The van der Waals surface area contributed by atoms with E-state index in [1.807, 2.05) is 54.6 Å². The van der Waals surface area contributed by atoms with Crippen molar-refractivity contribution in [3.05, 3.63) is 88.1 Å². The molecule has 1 aliphatic heterocycles. The normalized spacial score (nSPS) is 16.7. The summed E-state index contributed by atoms with van der Waals surface area (Å²) in [6, 6.07) is 22.2. The van der Waals surface area contributed by atoms with Crippen LogP contribution in [0, 0.1) is 11.3 Å². The van der Waals surface area contributed by atoms with Gasteiger partial charge in [0.2, 0.25) is 0 Å². The molecule has 1 aliphatic rings. The molecule has 0 spiro atoms. The first kappa shape index (κ1) is 18.2. The van der Waals surface area contributed by atoms with Gasteiger partial charge in [0.15, 0.2) is 6.17 Å². The van der Waals surface area contributed by atoms with Crippen molar-refractivity contribution >= 4 is 35.8 Å². The number of benzene rings is 2. The van der Waals surface area contributed by atoms with Crippen LogP contribution in [-0.2, 0) is 4.79 Å². The maximum absolute atomic E-state index is 12.4. The topological polar surface area (TPSA) is 69.3 Å². The third-order valence-corrected chi connectivity index (χ3v) is 5.03. The minimum atomic E-state index is -0.646. The smallest absolute Gasteiger partial charge is 0.266 e. The van der Waals surface area contributed by atoms with Crippen LogP contribution in [0.2, 0.25) is 5.02 Å². The lowest BCUT2D eigenvalue weighted by Crippen LogP contribution is -2.45. The van der Waals surface area contributed by atoms with Gasteiger partial charge in [-0.25, -0.2) is 0 Å². The van der Waals surface area contributed by atoms with Crippen molar-refractivity contribution in [1.29, 1.82) is 5.26 Å². The average molecular weight is 408 g/mol. The molecule has 0 unspecified atom stereocenters. The van der Waals surface area contributed by atoms with E-state index in [4.69, 9.17) is 16.0 Å². The number of furan rings is 1. The van der Waals surface area contributed by atoms with Gasteiger partial charge in [0, 0.05) is 16.3 Å². The van der Waals surface area contributed by atoms with Gasteiger partial charge in [0.25, 0.3) is 5.91 Å². The number of nitriles is 1. The molecular formula is C21H14ClN3O2S. The molecule has 3 aromatic rings. The second-order valence-electron chi connectivity index (χ2n) is 6.10. The van der Waals surface area contributed by atoms with Crippen LogP contribution in [0.5, 0.6) is 0 Å². The summed E-state index contributed by atoms with van der Waals surface area (Å²) in [6.45, 7) is 0. The largest absolute Gasteiger partial charge is 0.457 e. The number of hydrogen-bond acceptors (Lipinski definition) is 5. The highest BCUT2D eigenvalue weighted by molar-refractivity contribution is 7.84. The lowest BCUT2D eigenvalue weighted by Gasteiger charge is -2.36. The van der Waals surface area contributed by atoms with Crippen LogP contribution in [0.1, 0.15) is 11.9 Å². The van der Waals surface area contributed by atoms with E-state index in [0.29, 0.717) is 16.5 Å². The van der Waals surface area contributed by atoms with E-state index >= 15 is 0 Å². The molecule has 2 aromatic carbocycles. The lowest BCUT2D eigenvalue weighted by atomic mass is 10.1. The number of rotatable bonds is 3.